The van der Waals surface area contributed by atoms with Crippen LogP contribution in [-0.2, 0) is 6.54 Å². The van der Waals surface area contributed by atoms with E-state index >= 15 is 0 Å². The van der Waals surface area contributed by atoms with E-state index in [-0.39, 0.29) is 0 Å². The summed E-state index contributed by atoms with van der Waals surface area (Å²) in [7, 11) is 1.88. The van der Waals surface area contributed by atoms with Crippen LogP contribution in [0.2, 0.25) is 0 Å². The Kier molecular flexibility index (Phi) is 4.40. The van der Waals surface area contributed by atoms with Gasteiger partial charge in [-0.2, -0.15) is 0 Å². The van der Waals surface area contributed by atoms with Gasteiger partial charge in [-0.05, 0) is 24.7 Å². The van der Waals surface area contributed by atoms with Crippen molar-refractivity contribution in [3.8, 4) is 0 Å². The van der Waals surface area contributed by atoms with Crippen molar-refractivity contribution in [2.75, 3.05) is 25.5 Å². The third kappa shape index (κ3) is 3.00. The van der Waals surface area contributed by atoms with Gasteiger partial charge in [-0.3, -0.25) is 4.90 Å². The molecule has 3 heteroatoms. The molecule has 1 heterocycles. The van der Waals surface area contributed by atoms with Gasteiger partial charge in [-0.25, -0.2) is 4.98 Å². The molecule has 78 valence electrons. The minimum Gasteiger partial charge on any atom is -0.373 e. The second-order valence-corrected chi connectivity index (χ2v) is 3.26. The maximum atomic E-state index is 4.28. The molecule has 0 fully saturated rings. The van der Waals surface area contributed by atoms with Crippen LogP contribution < -0.4 is 5.32 Å². The van der Waals surface area contributed by atoms with Gasteiger partial charge in [0.05, 0.1) is 0 Å². The molecule has 3 nitrogen and oxygen atoms in total. The van der Waals surface area contributed by atoms with Crippen LogP contribution in [-0.4, -0.2) is 30.0 Å². The zero-order chi connectivity index (χ0) is 10.4. The van der Waals surface area contributed by atoms with Gasteiger partial charge in [0.2, 0.25) is 0 Å². The van der Waals surface area contributed by atoms with Crippen molar-refractivity contribution >= 4 is 5.82 Å². The lowest BCUT2D eigenvalue weighted by Crippen LogP contribution is -2.22. The SMILES string of the molecule is CCN(CC)Cc1ccc(NC)nc1. The molecule has 0 saturated heterocycles. The van der Waals surface area contributed by atoms with E-state index in [0.717, 1.165) is 25.5 Å². The van der Waals surface area contributed by atoms with Crippen molar-refractivity contribution < 1.29 is 0 Å². The lowest BCUT2D eigenvalue weighted by molar-refractivity contribution is 0.295. The first-order chi connectivity index (χ1) is 6.80. The standard InChI is InChI=1S/C11H19N3/c1-4-14(5-2)9-10-6-7-11(12-3)13-8-10/h6-8H,4-5,9H2,1-3H3,(H,12,13). The number of nitrogens with zero attached hydrogens (tertiary/aromatic N) is 2. The minimum absolute atomic E-state index is 0.924. The van der Waals surface area contributed by atoms with Gasteiger partial charge < -0.3 is 5.32 Å². The van der Waals surface area contributed by atoms with Crippen LogP contribution in [0.15, 0.2) is 18.3 Å². The molecule has 0 spiro atoms. The first kappa shape index (κ1) is 11.0. The minimum atomic E-state index is 0.924. The van der Waals surface area contributed by atoms with Crippen molar-refractivity contribution in [1.29, 1.82) is 0 Å². The van der Waals surface area contributed by atoms with E-state index in [1.54, 1.807) is 0 Å². The summed E-state index contributed by atoms with van der Waals surface area (Å²) < 4.78 is 0. The molecule has 0 unspecified atom stereocenters. The van der Waals surface area contributed by atoms with Crippen LogP contribution in [0.4, 0.5) is 5.82 Å². The van der Waals surface area contributed by atoms with Crippen LogP contribution >= 0.6 is 0 Å². The Hall–Kier alpha value is -1.09. The van der Waals surface area contributed by atoms with Gasteiger partial charge in [0.15, 0.2) is 0 Å². The highest BCUT2D eigenvalue weighted by Gasteiger charge is 2.00. The Morgan fingerprint density at radius 2 is 2.00 bits per heavy atom. The fourth-order valence-electron chi connectivity index (χ4n) is 1.37. The predicted octanol–water partition coefficient (Wildman–Crippen LogP) is 1.97. The summed E-state index contributed by atoms with van der Waals surface area (Å²) in [6.07, 6.45) is 1.93. The Morgan fingerprint density at radius 1 is 1.29 bits per heavy atom. The molecule has 14 heavy (non-hydrogen) atoms. The lowest BCUT2D eigenvalue weighted by atomic mass is 10.2. The molecular formula is C11H19N3. The maximum Gasteiger partial charge on any atom is 0.125 e. The summed E-state index contributed by atoms with van der Waals surface area (Å²) in [6, 6.07) is 4.13. The molecule has 0 bridgehead atoms. The van der Waals surface area contributed by atoms with Gasteiger partial charge >= 0.3 is 0 Å². The molecule has 0 saturated carbocycles. The molecule has 0 radical (unpaired) electrons. The average Bonchev–Trinajstić information content (AvgIpc) is 2.26. The summed E-state index contributed by atoms with van der Waals surface area (Å²) in [5.74, 6) is 0.924. The summed E-state index contributed by atoms with van der Waals surface area (Å²) >= 11 is 0. The maximum absolute atomic E-state index is 4.28. The van der Waals surface area contributed by atoms with E-state index in [4.69, 9.17) is 0 Å². The summed E-state index contributed by atoms with van der Waals surface area (Å²) in [6.45, 7) is 7.52. The van der Waals surface area contributed by atoms with Crippen molar-refractivity contribution in [2.24, 2.45) is 0 Å². The normalized spacial score (nSPS) is 10.6. The van der Waals surface area contributed by atoms with Crippen LogP contribution in [0.5, 0.6) is 0 Å². The molecule has 1 N–H and O–H groups in total. The highest BCUT2D eigenvalue weighted by molar-refractivity contribution is 5.34. The number of nitrogens with one attached hydrogen (secondary N) is 1. The second kappa shape index (κ2) is 5.60. The number of anilines is 1. The van der Waals surface area contributed by atoms with E-state index in [0.29, 0.717) is 0 Å². The van der Waals surface area contributed by atoms with Gasteiger partial charge in [0, 0.05) is 19.8 Å². The quantitative estimate of drug-likeness (QED) is 0.775. The first-order valence-electron chi connectivity index (χ1n) is 5.15. The van der Waals surface area contributed by atoms with Crippen molar-refractivity contribution in [2.45, 2.75) is 20.4 Å². The summed E-state index contributed by atoms with van der Waals surface area (Å²) in [5.41, 5.74) is 1.27. The van der Waals surface area contributed by atoms with E-state index in [9.17, 15) is 0 Å². The Bertz CT molecular complexity index is 252. The Balaban J connectivity index is 2.58. The van der Waals surface area contributed by atoms with Crippen molar-refractivity contribution in [3.05, 3.63) is 23.9 Å². The molecule has 0 aliphatic rings. The fourth-order valence-corrected chi connectivity index (χ4v) is 1.37. The van der Waals surface area contributed by atoms with E-state index in [1.807, 2.05) is 19.3 Å². The van der Waals surface area contributed by atoms with Crippen molar-refractivity contribution in [3.63, 3.8) is 0 Å². The van der Waals surface area contributed by atoms with Crippen LogP contribution in [0.1, 0.15) is 19.4 Å². The topological polar surface area (TPSA) is 28.2 Å². The molecule has 1 aromatic heterocycles. The molecule has 0 amide bonds. The predicted molar refractivity (Wildman–Crippen MR) is 60.4 cm³/mol. The lowest BCUT2D eigenvalue weighted by Gasteiger charge is -2.17. The highest BCUT2D eigenvalue weighted by atomic mass is 15.1. The van der Waals surface area contributed by atoms with E-state index < -0.39 is 0 Å². The molecule has 0 aromatic carbocycles. The molecule has 0 aliphatic heterocycles. The zero-order valence-corrected chi connectivity index (χ0v) is 9.25. The van der Waals surface area contributed by atoms with Crippen LogP contribution in [0.3, 0.4) is 0 Å². The third-order valence-corrected chi connectivity index (χ3v) is 2.38. The Labute approximate surface area is 86.2 Å². The molecule has 1 rings (SSSR count). The van der Waals surface area contributed by atoms with Crippen LogP contribution in [0.25, 0.3) is 0 Å². The van der Waals surface area contributed by atoms with Gasteiger partial charge in [0.1, 0.15) is 5.82 Å². The number of hydrogen-bond acceptors (Lipinski definition) is 3. The summed E-state index contributed by atoms with van der Waals surface area (Å²) in [5, 5.41) is 3.01. The van der Waals surface area contributed by atoms with Gasteiger partial charge in [0.25, 0.3) is 0 Å². The van der Waals surface area contributed by atoms with E-state index in [2.05, 4.69) is 35.1 Å². The molecule has 1 aromatic rings. The second-order valence-electron chi connectivity index (χ2n) is 3.26. The number of rotatable bonds is 5. The average molecular weight is 193 g/mol. The molecular weight excluding hydrogens is 174 g/mol. The van der Waals surface area contributed by atoms with Gasteiger partial charge in [-0.15, -0.1) is 0 Å². The fraction of sp³-hybridized carbons (Fsp3) is 0.545. The van der Waals surface area contributed by atoms with Crippen molar-refractivity contribution in [1.82, 2.24) is 9.88 Å². The smallest absolute Gasteiger partial charge is 0.125 e. The zero-order valence-electron chi connectivity index (χ0n) is 9.25. The largest absolute Gasteiger partial charge is 0.373 e. The summed E-state index contributed by atoms with van der Waals surface area (Å²) in [4.78, 5) is 6.65. The van der Waals surface area contributed by atoms with E-state index in [1.165, 1.54) is 5.56 Å². The highest BCUT2D eigenvalue weighted by Crippen LogP contribution is 2.06. The monoisotopic (exact) mass is 193 g/mol. The third-order valence-electron chi connectivity index (χ3n) is 2.38. The molecule has 0 atom stereocenters. The first-order valence-corrected chi connectivity index (χ1v) is 5.15. The number of aromatic nitrogens is 1. The van der Waals surface area contributed by atoms with Crippen LogP contribution in [0, 0.1) is 0 Å². The van der Waals surface area contributed by atoms with Gasteiger partial charge in [-0.1, -0.05) is 19.9 Å². The Morgan fingerprint density at radius 3 is 2.43 bits per heavy atom. The molecule has 0 aliphatic carbocycles. The number of hydrogen-bond donors (Lipinski definition) is 1. The number of pyridine rings is 1.